The number of nitrogens with zero attached hydrogens (tertiary/aromatic N) is 2. The highest BCUT2D eigenvalue weighted by Gasteiger charge is 2.27. The van der Waals surface area contributed by atoms with Gasteiger partial charge in [0.05, 0.1) is 4.90 Å². The van der Waals surface area contributed by atoms with Crippen LogP contribution in [0.15, 0.2) is 23.2 Å². The van der Waals surface area contributed by atoms with Gasteiger partial charge in [-0.25, -0.2) is 4.98 Å². The number of piperidine rings is 1. The summed E-state index contributed by atoms with van der Waals surface area (Å²) < 4.78 is 3.44. The molecule has 0 spiro atoms. The molecular formula is C11H15N3S. The molecule has 3 heterocycles. The number of aromatic nitrogens is 1. The maximum Gasteiger partial charge on any atom is 0.143 e. The molecule has 80 valence electrons. The van der Waals surface area contributed by atoms with Crippen LogP contribution in [-0.4, -0.2) is 24.1 Å². The average molecular weight is 221 g/mol. The van der Waals surface area contributed by atoms with Crippen molar-refractivity contribution in [2.75, 3.05) is 18.0 Å². The molecule has 3 rings (SSSR count). The minimum Gasteiger partial charge on any atom is -0.351 e. The maximum atomic E-state index is 4.53. The van der Waals surface area contributed by atoms with Gasteiger partial charge in [-0.2, -0.15) is 0 Å². The molecule has 15 heavy (non-hydrogen) atoms. The first-order valence-electron chi connectivity index (χ1n) is 5.56. The van der Waals surface area contributed by atoms with E-state index in [4.69, 9.17) is 0 Å². The van der Waals surface area contributed by atoms with Crippen molar-refractivity contribution in [2.24, 2.45) is 0 Å². The Morgan fingerprint density at radius 2 is 2.47 bits per heavy atom. The van der Waals surface area contributed by atoms with Crippen LogP contribution in [0.2, 0.25) is 0 Å². The van der Waals surface area contributed by atoms with E-state index < -0.39 is 0 Å². The van der Waals surface area contributed by atoms with Crippen LogP contribution >= 0.6 is 11.9 Å². The number of rotatable bonds is 0. The molecule has 0 unspecified atom stereocenters. The highest BCUT2D eigenvalue weighted by molar-refractivity contribution is 7.97. The van der Waals surface area contributed by atoms with Crippen molar-refractivity contribution in [3.63, 3.8) is 0 Å². The molecule has 0 radical (unpaired) electrons. The highest BCUT2D eigenvalue weighted by atomic mass is 32.2. The lowest BCUT2D eigenvalue weighted by Gasteiger charge is -2.35. The highest BCUT2D eigenvalue weighted by Crippen LogP contribution is 2.33. The molecule has 3 nitrogen and oxygen atoms in total. The summed E-state index contributed by atoms with van der Waals surface area (Å²) in [5, 5.41) is 0. The van der Waals surface area contributed by atoms with Crippen molar-refractivity contribution in [1.29, 1.82) is 0 Å². The average Bonchev–Trinajstić information content (AvgIpc) is 2.48. The van der Waals surface area contributed by atoms with E-state index in [0.29, 0.717) is 6.04 Å². The van der Waals surface area contributed by atoms with Gasteiger partial charge < -0.3 is 4.90 Å². The fourth-order valence-electron chi connectivity index (χ4n) is 2.38. The summed E-state index contributed by atoms with van der Waals surface area (Å²) in [5.74, 6) is 1.18. The van der Waals surface area contributed by atoms with Crippen LogP contribution in [0, 0.1) is 0 Å². The topological polar surface area (TPSA) is 28.2 Å². The molecule has 1 atom stereocenters. The normalized spacial score (nSPS) is 25.3. The van der Waals surface area contributed by atoms with Gasteiger partial charge in [-0.1, -0.05) is 0 Å². The lowest BCUT2D eigenvalue weighted by Crippen LogP contribution is -2.43. The number of fused-ring (bicyclic) bond motifs is 3. The Labute approximate surface area is 94.4 Å². The van der Waals surface area contributed by atoms with Crippen molar-refractivity contribution in [2.45, 2.75) is 30.2 Å². The molecule has 1 aromatic rings. The summed E-state index contributed by atoms with van der Waals surface area (Å²) in [4.78, 5) is 8.27. The number of hydrogen-bond acceptors (Lipinski definition) is 4. The molecular weight excluding hydrogens is 206 g/mol. The van der Waals surface area contributed by atoms with E-state index in [9.17, 15) is 0 Å². The third-order valence-corrected chi connectivity index (χ3v) is 4.00. The molecule has 0 amide bonds. The number of nitrogens with one attached hydrogen (secondary N) is 1. The fraction of sp³-hybridized carbons (Fsp3) is 0.545. The lowest BCUT2D eigenvalue weighted by molar-refractivity contribution is 0.456. The summed E-state index contributed by atoms with van der Waals surface area (Å²) in [7, 11) is 0. The maximum absolute atomic E-state index is 4.53. The molecule has 2 aliphatic rings. The van der Waals surface area contributed by atoms with Crippen LogP contribution in [0.4, 0.5) is 5.82 Å². The first kappa shape index (κ1) is 9.48. The van der Waals surface area contributed by atoms with Crippen LogP contribution in [0.25, 0.3) is 0 Å². The molecule has 1 fully saturated rings. The standard InChI is InChI=1S/C11H15N3S/c1-2-7-14-9(4-1)8-13-15-10-5-3-6-12-11(10)14/h3,5-6,9,13H,1-2,4,7-8H2/t9-/m1/s1. The van der Waals surface area contributed by atoms with Gasteiger partial charge in [-0.3, -0.25) is 4.72 Å². The Bertz CT molecular complexity index is 355. The van der Waals surface area contributed by atoms with Gasteiger partial charge in [0.15, 0.2) is 0 Å². The predicted molar refractivity (Wildman–Crippen MR) is 63.1 cm³/mol. The van der Waals surface area contributed by atoms with Crippen molar-refractivity contribution in [3.05, 3.63) is 18.3 Å². The zero-order valence-corrected chi connectivity index (χ0v) is 9.46. The second-order valence-electron chi connectivity index (χ2n) is 4.12. The summed E-state index contributed by atoms with van der Waals surface area (Å²) in [6.07, 6.45) is 5.85. The van der Waals surface area contributed by atoms with Crippen LogP contribution in [0.3, 0.4) is 0 Å². The third-order valence-electron chi connectivity index (χ3n) is 3.15. The quantitative estimate of drug-likeness (QED) is 0.679. The molecule has 1 N–H and O–H groups in total. The number of anilines is 1. The molecule has 1 saturated heterocycles. The van der Waals surface area contributed by atoms with Crippen molar-refractivity contribution < 1.29 is 0 Å². The second-order valence-corrected chi connectivity index (χ2v) is 5.05. The second kappa shape index (κ2) is 4.02. The molecule has 2 aliphatic heterocycles. The molecule has 0 aromatic carbocycles. The van der Waals surface area contributed by atoms with Gasteiger partial charge in [0, 0.05) is 25.3 Å². The van der Waals surface area contributed by atoms with E-state index in [1.165, 1.54) is 30.0 Å². The Hall–Kier alpha value is -0.740. The van der Waals surface area contributed by atoms with Crippen LogP contribution < -0.4 is 9.62 Å². The zero-order chi connectivity index (χ0) is 10.1. The molecule has 1 aromatic heterocycles. The smallest absolute Gasteiger partial charge is 0.143 e. The summed E-state index contributed by atoms with van der Waals surface area (Å²) in [6, 6.07) is 4.80. The van der Waals surface area contributed by atoms with E-state index >= 15 is 0 Å². The largest absolute Gasteiger partial charge is 0.351 e. The van der Waals surface area contributed by atoms with Crippen molar-refractivity contribution in [1.82, 2.24) is 9.71 Å². The molecule has 0 bridgehead atoms. The van der Waals surface area contributed by atoms with Crippen molar-refractivity contribution in [3.8, 4) is 0 Å². The van der Waals surface area contributed by atoms with E-state index in [1.807, 2.05) is 12.3 Å². The lowest BCUT2D eigenvalue weighted by atomic mass is 10.0. The molecule has 0 saturated carbocycles. The third kappa shape index (κ3) is 1.72. The van der Waals surface area contributed by atoms with Crippen LogP contribution in [0.5, 0.6) is 0 Å². The Kier molecular flexibility index (Phi) is 2.54. The monoisotopic (exact) mass is 221 g/mol. The van der Waals surface area contributed by atoms with Crippen LogP contribution in [0.1, 0.15) is 19.3 Å². The fourth-order valence-corrected chi connectivity index (χ4v) is 3.22. The minimum atomic E-state index is 0.641. The summed E-state index contributed by atoms with van der Waals surface area (Å²) in [6.45, 7) is 2.23. The predicted octanol–water partition coefficient (Wildman–Crippen LogP) is 2.05. The van der Waals surface area contributed by atoms with Gasteiger partial charge >= 0.3 is 0 Å². The van der Waals surface area contributed by atoms with Crippen molar-refractivity contribution >= 4 is 17.8 Å². The van der Waals surface area contributed by atoms with Crippen LogP contribution in [-0.2, 0) is 0 Å². The van der Waals surface area contributed by atoms with Gasteiger partial charge in [-0.05, 0) is 43.3 Å². The van der Waals surface area contributed by atoms with E-state index in [0.717, 1.165) is 13.1 Å². The van der Waals surface area contributed by atoms with Gasteiger partial charge in [-0.15, -0.1) is 0 Å². The first-order valence-corrected chi connectivity index (χ1v) is 6.38. The van der Waals surface area contributed by atoms with E-state index in [1.54, 1.807) is 11.9 Å². The molecule has 0 aliphatic carbocycles. The SMILES string of the molecule is c1cnc2c(c1)SNC[C@H]1CCCCN21. The Morgan fingerprint density at radius 3 is 3.47 bits per heavy atom. The first-order chi connectivity index (χ1) is 7.45. The summed E-state index contributed by atoms with van der Waals surface area (Å²) >= 11 is 1.72. The van der Waals surface area contributed by atoms with Gasteiger partial charge in [0.25, 0.3) is 0 Å². The van der Waals surface area contributed by atoms with Gasteiger partial charge in [0.2, 0.25) is 0 Å². The molecule has 4 heteroatoms. The number of pyridine rings is 1. The Morgan fingerprint density at radius 1 is 1.47 bits per heavy atom. The summed E-state index contributed by atoms with van der Waals surface area (Å²) in [5.41, 5.74) is 0. The van der Waals surface area contributed by atoms with Gasteiger partial charge in [0.1, 0.15) is 5.82 Å². The zero-order valence-electron chi connectivity index (χ0n) is 8.65. The Balaban J connectivity index is 1.99. The van der Waals surface area contributed by atoms with E-state index in [2.05, 4.69) is 20.7 Å². The minimum absolute atomic E-state index is 0.641. The van der Waals surface area contributed by atoms with E-state index in [-0.39, 0.29) is 0 Å². The number of hydrogen-bond donors (Lipinski definition) is 1.